The number of aromatic nitrogens is 4. The van der Waals surface area contributed by atoms with Gasteiger partial charge in [-0.25, -0.2) is 9.97 Å². The standard InChI is InChI=1S/C19H19N7O2/c1-19(2,3)26-15-14(16(27)17(15)28)24-13-6-7-20-18(25-13)23-10-4-5-11-12(8-10)22-9-21-11/h4-9,26H,1-3H3,(H,21,22)(H2,20,23,24,25). The number of nitrogens with one attached hydrogen (secondary N) is 4. The van der Waals surface area contributed by atoms with E-state index >= 15 is 0 Å². The predicted octanol–water partition coefficient (Wildman–Crippen LogP) is 2.65. The van der Waals surface area contributed by atoms with Crippen LogP contribution in [0.4, 0.5) is 28.8 Å². The average molecular weight is 377 g/mol. The Morgan fingerprint density at radius 2 is 1.75 bits per heavy atom. The molecule has 0 atom stereocenters. The lowest BCUT2D eigenvalue weighted by atomic mass is 10.1. The van der Waals surface area contributed by atoms with Crippen LogP contribution in [0.25, 0.3) is 11.0 Å². The van der Waals surface area contributed by atoms with Gasteiger partial charge in [0.1, 0.15) is 17.2 Å². The normalized spacial score (nSPS) is 11.7. The van der Waals surface area contributed by atoms with E-state index in [1.807, 2.05) is 39.0 Å². The molecule has 2 aromatic heterocycles. The summed E-state index contributed by atoms with van der Waals surface area (Å²) in [4.78, 5) is 39.6. The van der Waals surface area contributed by atoms with E-state index in [0.717, 1.165) is 16.7 Å². The van der Waals surface area contributed by atoms with E-state index in [0.29, 0.717) is 11.8 Å². The Bertz CT molecular complexity index is 1230. The molecule has 28 heavy (non-hydrogen) atoms. The van der Waals surface area contributed by atoms with Gasteiger partial charge in [0.25, 0.3) is 10.9 Å². The lowest BCUT2D eigenvalue weighted by Crippen LogP contribution is -2.41. The first-order valence-corrected chi connectivity index (χ1v) is 8.72. The number of imidazole rings is 1. The van der Waals surface area contributed by atoms with Crippen molar-refractivity contribution in [3.63, 3.8) is 0 Å². The molecule has 0 saturated heterocycles. The number of hydrogen-bond acceptors (Lipinski definition) is 8. The Morgan fingerprint density at radius 1 is 0.964 bits per heavy atom. The number of anilines is 5. The maximum absolute atomic E-state index is 12.0. The van der Waals surface area contributed by atoms with Crippen molar-refractivity contribution in [3.05, 3.63) is 57.2 Å². The molecular weight excluding hydrogens is 358 g/mol. The summed E-state index contributed by atoms with van der Waals surface area (Å²) in [6.45, 7) is 5.74. The van der Waals surface area contributed by atoms with Crippen molar-refractivity contribution in [1.82, 2.24) is 19.9 Å². The Morgan fingerprint density at radius 3 is 2.54 bits per heavy atom. The number of fused-ring (bicyclic) bond motifs is 1. The van der Waals surface area contributed by atoms with Crippen molar-refractivity contribution in [3.8, 4) is 0 Å². The van der Waals surface area contributed by atoms with Crippen molar-refractivity contribution in [2.45, 2.75) is 26.3 Å². The number of hydrogen-bond donors (Lipinski definition) is 4. The molecule has 0 unspecified atom stereocenters. The van der Waals surface area contributed by atoms with Gasteiger partial charge in [0.05, 0.1) is 17.4 Å². The second kappa shape index (κ2) is 6.45. The van der Waals surface area contributed by atoms with E-state index in [-0.39, 0.29) is 16.9 Å². The molecule has 4 aromatic rings. The largest absolute Gasteiger partial charge is 0.375 e. The summed E-state index contributed by atoms with van der Waals surface area (Å²) in [5, 5.41) is 9.09. The van der Waals surface area contributed by atoms with Gasteiger partial charge in [0, 0.05) is 17.4 Å². The first-order chi connectivity index (χ1) is 13.3. The lowest BCUT2D eigenvalue weighted by molar-refractivity contribution is 0.632. The van der Waals surface area contributed by atoms with Crippen molar-refractivity contribution < 1.29 is 0 Å². The summed E-state index contributed by atoms with van der Waals surface area (Å²) in [5.74, 6) is 0.761. The molecule has 0 spiro atoms. The van der Waals surface area contributed by atoms with Crippen molar-refractivity contribution in [1.29, 1.82) is 0 Å². The third-order valence-corrected chi connectivity index (χ3v) is 4.00. The van der Waals surface area contributed by atoms with Gasteiger partial charge in [-0.2, -0.15) is 4.98 Å². The van der Waals surface area contributed by atoms with E-state index < -0.39 is 10.9 Å². The van der Waals surface area contributed by atoms with Crippen LogP contribution in [-0.4, -0.2) is 25.5 Å². The molecular formula is C19H19N7O2. The molecule has 9 nitrogen and oxygen atoms in total. The van der Waals surface area contributed by atoms with Gasteiger partial charge in [-0.1, -0.05) is 0 Å². The van der Waals surface area contributed by atoms with E-state index in [1.54, 1.807) is 18.6 Å². The lowest BCUT2D eigenvalue weighted by Gasteiger charge is -2.24. The van der Waals surface area contributed by atoms with Gasteiger partial charge in [-0.05, 0) is 45.0 Å². The third kappa shape index (κ3) is 3.41. The highest BCUT2D eigenvalue weighted by Gasteiger charge is 2.25. The van der Waals surface area contributed by atoms with Crippen LogP contribution in [0.5, 0.6) is 0 Å². The second-order valence-corrected chi connectivity index (χ2v) is 7.43. The summed E-state index contributed by atoms with van der Waals surface area (Å²) in [7, 11) is 0. The smallest absolute Gasteiger partial charge is 0.253 e. The minimum Gasteiger partial charge on any atom is -0.375 e. The molecule has 0 saturated carbocycles. The van der Waals surface area contributed by atoms with Crippen LogP contribution in [-0.2, 0) is 0 Å². The van der Waals surface area contributed by atoms with Gasteiger partial charge in [-0.3, -0.25) is 9.59 Å². The number of rotatable bonds is 5. The van der Waals surface area contributed by atoms with Crippen LogP contribution in [0.2, 0.25) is 0 Å². The fraction of sp³-hybridized carbons (Fsp3) is 0.211. The van der Waals surface area contributed by atoms with Crippen molar-refractivity contribution >= 4 is 39.9 Å². The molecule has 0 amide bonds. The molecule has 0 bridgehead atoms. The van der Waals surface area contributed by atoms with Gasteiger partial charge in [0.2, 0.25) is 5.95 Å². The molecule has 9 heteroatoms. The zero-order chi connectivity index (χ0) is 19.9. The van der Waals surface area contributed by atoms with E-state index in [9.17, 15) is 9.59 Å². The van der Waals surface area contributed by atoms with E-state index in [2.05, 4.69) is 35.9 Å². The summed E-state index contributed by atoms with van der Waals surface area (Å²) in [5.41, 5.74) is 1.59. The van der Waals surface area contributed by atoms with Crippen LogP contribution < -0.4 is 26.8 Å². The van der Waals surface area contributed by atoms with Gasteiger partial charge in [0.15, 0.2) is 0 Å². The molecule has 0 fully saturated rings. The fourth-order valence-electron chi connectivity index (χ4n) is 2.76. The first kappa shape index (κ1) is 17.7. The van der Waals surface area contributed by atoms with E-state index in [4.69, 9.17) is 0 Å². The zero-order valence-corrected chi connectivity index (χ0v) is 15.6. The van der Waals surface area contributed by atoms with E-state index in [1.165, 1.54) is 0 Å². The molecule has 0 aliphatic carbocycles. The van der Waals surface area contributed by atoms with Crippen molar-refractivity contribution in [2.24, 2.45) is 0 Å². The molecule has 4 N–H and O–H groups in total. The van der Waals surface area contributed by atoms with Crippen LogP contribution >= 0.6 is 0 Å². The predicted molar refractivity (Wildman–Crippen MR) is 109 cm³/mol. The highest BCUT2D eigenvalue weighted by molar-refractivity contribution is 5.80. The minimum atomic E-state index is -0.565. The van der Waals surface area contributed by atoms with Crippen molar-refractivity contribution in [2.75, 3.05) is 16.0 Å². The average Bonchev–Trinajstić information content (AvgIpc) is 3.11. The minimum absolute atomic E-state index is 0.212. The maximum Gasteiger partial charge on any atom is 0.253 e. The molecule has 0 aliphatic rings. The number of benzene rings is 1. The SMILES string of the molecule is CC(C)(C)Nc1c(Nc2ccnc(Nc3ccc4nc[nH]c4c3)n2)c(=O)c1=O. The zero-order valence-electron chi connectivity index (χ0n) is 15.6. The summed E-state index contributed by atoms with van der Waals surface area (Å²) >= 11 is 0. The Hall–Kier alpha value is -3.75. The Labute approximate surface area is 160 Å². The summed E-state index contributed by atoms with van der Waals surface area (Å²) in [6.07, 6.45) is 3.19. The quantitative estimate of drug-likeness (QED) is 0.391. The topological polar surface area (TPSA) is 125 Å². The highest BCUT2D eigenvalue weighted by Crippen LogP contribution is 2.24. The van der Waals surface area contributed by atoms with Gasteiger partial charge < -0.3 is 20.9 Å². The van der Waals surface area contributed by atoms with Crippen LogP contribution in [0.3, 0.4) is 0 Å². The fourth-order valence-corrected chi connectivity index (χ4v) is 2.76. The molecule has 4 rings (SSSR count). The number of H-pyrrole nitrogens is 1. The van der Waals surface area contributed by atoms with Crippen LogP contribution in [0.1, 0.15) is 20.8 Å². The second-order valence-electron chi connectivity index (χ2n) is 7.43. The first-order valence-electron chi connectivity index (χ1n) is 8.72. The van der Waals surface area contributed by atoms with Crippen LogP contribution in [0.15, 0.2) is 46.4 Å². The summed E-state index contributed by atoms with van der Waals surface area (Å²) in [6, 6.07) is 7.27. The Balaban J connectivity index is 1.55. The number of aromatic amines is 1. The maximum atomic E-state index is 12.0. The monoisotopic (exact) mass is 377 g/mol. The number of nitrogens with zero attached hydrogens (tertiary/aromatic N) is 3. The molecule has 0 aliphatic heterocycles. The third-order valence-electron chi connectivity index (χ3n) is 4.00. The molecule has 142 valence electrons. The van der Waals surface area contributed by atoms with Gasteiger partial charge in [-0.15, -0.1) is 0 Å². The van der Waals surface area contributed by atoms with Gasteiger partial charge >= 0.3 is 0 Å². The molecule has 0 radical (unpaired) electrons. The Kier molecular flexibility index (Phi) is 4.07. The molecule has 2 heterocycles. The molecule has 2 aromatic carbocycles. The summed E-state index contributed by atoms with van der Waals surface area (Å²) < 4.78 is 0. The van der Waals surface area contributed by atoms with Crippen LogP contribution in [0, 0.1) is 0 Å². The highest BCUT2D eigenvalue weighted by atomic mass is 16.2.